The van der Waals surface area contributed by atoms with Crippen molar-refractivity contribution in [1.29, 1.82) is 0 Å². The standard InChI is InChI=1S/C13H15NO4/c1-8-11(5-6-18-8)12(15)14-10-4-2-3-9(7-10)13(16)17/h2-4,7-8,11H,5-6H2,1H3,(H,14,15)(H,16,17). The van der Waals surface area contributed by atoms with E-state index in [1.54, 1.807) is 12.1 Å². The molecule has 1 saturated heterocycles. The summed E-state index contributed by atoms with van der Waals surface area (Å²) in [6.45, 7) is 2.46. The van der Waals surface area contributed by atoms with Crippen LogP contribution in [0.4, 0.5) is 5.69 Å². The summed E-state index contributed by atoms with van der Waals surface area (Å²) in [7, 11) is 0. The smallest absolute Gasteiger partial charge is 0.335 e. The van der Waals surface area contributed by atoms with Gasteiger partial charge < -0.3 is 15.2 Å². The van der Waals surface area contributed by atoms with Gasteiger partial charge in [-0.2, -0.15) is 0 Å². The van der Waals surface area contributed by atoms with Crippen molar-refractivity contribution < 1.29 is 19.4 Å². The minimum Gasteiger partial charge on any atom is -0.478 e. The molecule has 1 aliphatic rings. The monoisotopic (exact) mass is 249 g/mol. The van der Waals surface area contributed by atoms with Gasteiger partial charge in [0.15, 0.2) is 0 Å². The summed E-state index contributed by atoms with van der Waals surface area (Å²) in [5.41, 5.74) is 0.655. The van der Waals surface area contributed by atoms with E-state index in [9.17, 15) is 9.59 Å². The molecule has 1 fully saturated rings. The maximum Gasteiger partial charge on any atom is 0.335 e. The van der Waals surface area contributed by atoms with Crippen LogP contribution in [-0.2, 0) is 9.53 Å². The molecule has 0 spiro atoms. The largest absolute Gasteiger partial charge is 0.478 e. The zero-order valence-electron chi connectivity index (χ0n) is 10.1. The van der Waals surface area contributed by atoms with Crippen LogP contribution in [-0.4, -0.2) is 29.7 Å². The fourth-order valence-corrected chi connectivity index (χ4v) is 2.04. The molecule has 0 saturated carbocycles. The number of anilines is 1. The van der Waals surface area contributed by atoms with Crippen LogP contribution in [0.15, 0.2) is 24.3 Å². The molecule has 2 rings (SSSR count). The lowest BCUT2D eigenvalue weighted by Crippen LogP contribution is -2.27. The van der Waals surface area contributed by atoms with Crippen LogP contribution >= 0.6 is 0 Å². The topological polar surface area (TPSA) is 75.6 Å². The second kappa shape index (κ2) is 5.18. The summed E-state index contributed by atoms with van der Waals surface area (Å²) in [5, 5.41) is 11.6. The second-order valence-corrected chi connectivity index (χ2v) is 4.35. The highest BCUT2D eigenvalue weighted by Gasteiger charge is 2.30. The molecule has 5 nitrogen and oxygen atoms in total. The van der Waals surface area contributed by atoms with E-state index >= 15 is 0 Å². The van der Waals surface area contributed by atoms with Gasteiger partial charge in [-0.05, 0) is 31.5 Å². The molecule has 1 aromatic rings. The minimum atomic E-state index is -1.01. The minimum absolute atomic E-state index is 0.0901. The lowest BCUT2D eigenvalue weighted by molar-refractivity contribution is -0.121. The van der Waals surface area contributed by atoms with E-state index in [4.69, 9.17) is 9.84 Å². The van der Waals surface area contributed by atoms with Gasteiger partial charge in [0, 0.05) is 12.3 Å². The van der Waals surface area contributed by atoms with Gasteiger partial charge in [0.25, 0.3) is 0 Å². The molecular weight excluding hydrogens is 234 g/mol. The Morgan fingerprint density at radius 3 is 2.83 bits per heavy atom. The summed E-state index contributed by atoms with van der Waals surface area (Å²) < 4.78 is 5.33. The third-order valence-corrected chi connectivity index (χ3v) is 3.09. The molecule has 0 radical (unpaired) electrons. The van der Waals surface area contributed by atoms with E-state index in [0.717, 1.165) is 0 Å². The number of amides is 1. The van der Waals surface area contributed by atoms with Gasteiger partial charge in [-0.1, -0.05) is 6.07 Å². The van der Waals surface area contributed by atoms with Crippen molar-refractivity contribution in [3.8, 4) is 0 Å². The number of ether oxygens (including phenoxy) is 1. The fourth-order valence-electron chi connectivity index (χ4n) is 2.04. The van der Waals surface area contributed by atoms with Gasteiger partial charge in [-0.3, -0.25) is 4.79 Å². The van der Waals surface area contributed by atoms with Crippen molar-refractivity contribution >= 4 is 17.6 Å². The van der Waals surface area contributed by atoms with Gasteiger partial charge >= 0.3 is 5.97 Å². The normalized spacial score (nSPS) is 22.7. The van der Waals surface area contributed by atoms with Crippen molar-refractivity contribution in [3.63, 3.8) is 0 Å². The Kier molecular flexibility index (Phi) is 3.62. The van der Waals surface area contributed by atoms with E-state index in [2.05, 4.69) is 5.32 Å². The molecule has 0 bridgehead atoms. The van der Waals surface area contributed by atoms with Crippen molar-refractivity contribution in [1.82, 2.24) is 0 Å². The molecule has 1 aromatic carbocycles. The zero-order valence-corrected chi connectivity index (χ0v) is 10.1. The molecular formula is C13H15NO4. The molecule has 1 heterocycles. The third kappa shape index (κ3) is 2.68. The molecule has 0 aliphatic carbocycles. The summed E-state index contributed by atoms with van der Waals surface area (Å²) in [6, 6.07) is 6.21. The van der Waals surface area contributed by atoms with Gasteiger partial charge in [0.2, 0.25) is 5.91 Å². The van der Waals surface area contributed by atoms with Crippen LogP contribution in [0.1, 0.15) is 23.7 Å². The van der Waals surface area contributed by atoms with Crippen LogP contribution in [0, 0.1) is 5.92 Å². The quantitative estimate of drug-likeness (QED) is 0.855. The molecule has 18 heavy (non-hydrogen) atoms. The van der Waals surface area contributed by atoms with Gasteiger partial charge in [-0.25, -0.2) is 4.79 Å². The second-order valence-electron chi connectivity index (χ2n) is 4.35. The molecule has 2 unspecified atom stereocenters. The van der Waals surface area contributed by atoms with E-state index in [1.165, 1.54) is 12.1 Å². The lowest BCUT2D eigenvalue weighted by Gasteiger charge is -2.14. The zero-order chi connectivity index (χ0) is 13.1. The molecule has 2 N–H and O–H groups in total. The van der Waals surface area contributed by atoms with Crippen molar-refractivity contribution in [3.05, 3.63) is 29.8 Å². The number of carboxylic acids is 1. The van der Waals surface area contributed by atoms with Crippen LogP contribution in [0.2, 0.25) is 0 Å². The van der Waals surface area contributed by atoms with Crippen LogP contribution in [0.25, 0.3) is 0 Å². The Morgan fingerprint density at radius 1 is 1.44 bits per heavy atom. The van der Waals surface area contributed by atoms with E-state index < -0.39 is 5.97 Å². The van der Waals surface area contributed by atoms with Crippen molar-refractivity contribution in [2.75, 3.05) is 11.9 Å². The molecule has 96 valence electrons. The number of nitrogens with one attached hydrogen (secondary N) is 1. The first-order valence-corrected chi connectivity index (χ1v) is 5.84. The number of hydrogen-bond acceptors (Lipinski definition) is 3. The first kappa shape index (κ1) is 12.6. The Bertz CT molecular complexity index is 472. The Morgan fingerprint density at radius 2 is 2.22 bits per heavy atom. The highest BCUT2D eigenvalue weighted by Crippen LogP contribution is 2.22. The van der Waals surface area contributed by atoms with Gasteiger partial charge in [0.1, 0.15) is 0 Å². The molecule has 1 amide bonds. The van der Waals surface area contributed by atoms with E-state index in [0.29, 0.717) is 18.7 Å². The van der Waals surface area contributed by atoms with Crippen LogP contribution < -0.4 is 5.32 Å². The SMILES string of the molecule is CC1OCCC1C(=O)Nc1cccc(C(=O)O)c1. The number of benzene rings is 1. The van der Waals surface area contributed by atoms with Crippen molar-refractivity contribution in [2.45, 2.75) is 19.4 Å². The van der Waals surface area contributed by atoms with E-state index in [1.807, 2.05) is 6.92 Å². The average Bonchev–Trinajstić information content (AvgIpc) is 2.76. The number of rotatable bonds is 3. The third-order valence-electron chi connectivity index (χ3n) is 3.09. The highest BCUT2D eigenvalue weighted by molar-refractivity contribution is 5.95. The molecule has 5 heteroatoms. The van der Waals surface area contributed by atoms with Crippen molar-refractivity contribution in [2.24, 2.45) is 5.92 Å². The number of aromatic carboxylic acids is 1. The summed E-state index contributed by atoms with van der Waals surface area (Å²) in [6.07, 6.45) is 0.610. The van der Waals surface area contributed by atoms with Gasteiger partial charge in [-0.15, -0.1) is 0 Å². The summed E-state index contributed by atoms with van der Waals surface area (Å²) >= 11 is 0. The average molecular weight is 249 g/mol. The predicted molar refractivity (Wildman–Crippen MR) is 65.6 cm³/mol. The molecule has 2 atom stereocenters. The number of carboxylic acid groups (broad SMARTS) is 1. The number of hydrogen-bond donors (Lipinski definition) is 2. The maximum absolute atomic E-state index is 12.0. The fraction of sp³-hybridized carbons (Fsp3) is 0.385. The Labute approximate surface area is 105 Å². The summed E-state index contributed by atoms with van der Waals surface area (Å²) in [4.78, 5) is 22.8. The number of carbonyl (C=O) groups excluding carboxylic acids is 1. The van der Waals surface area contributed by atoms with Crippen LogP contribution in [0.5, 0.6) is 0 Å². The van der Waals surface area contributed by atoms with Crippen LogP contribution in [0.3, 0.4) is 0 Å². The first-order chi connectivity index (χ1) is 8.58. The lowest BCUT2D eigenvalue weighted by atomic mass is 10.0. The first-order valence-electron chi connectivity index (χ1n) is 5.84. The van der Waals surface area contributed by atoms with Gasteiger partial charge in [0.05, 0.1) is 17.6 Å². The number of carbonyl (C=O) groups is 2. The Hall–Kier alpha value is -1.88. The maximum atomic E-state index is 12.0. The molecule has 0 aromatic heterocycles. The highest BCUT2D eigenvalue weighted by atomic mass is 16.5. The Balaban J connectivity index is 2.07. The predicted octanol–water partition coefficient (Wildman–Crippen LogP) is 1.75. The van der Waals surface area contributed by atoms with E-state index in [-0.39, 0.29) is 23.5 Å². The molecule has 1 aliphatic heterocycles. The summed E-state index contributed by atoms with van der Waals surface area (Å²) in [5.74, 6) is -1.30.